The van der Waals surface area contributed by atoms with Gasteiger partial charge in [-0.25, -0.2) is 4.99 Å². The summed E-state index contributed by atoms with van der Waals surface area (Å²) in [6.07, 6.45) is -1.43. The fourth-order valence-corrected chi connectivity index (χ4v) is 5.28. The maximum absolute atomic E-state index is 13.4. The Labute approximate surface area is 184 Å². The number of aliphatic imine (C=N–C) groups is 1. The summed E-state index contributed by atoms with van der Waals surface area (Å²) in [7, 11) is 0. The second-order valence-corrected chi connectivity index (χ2v) is 9.12. The number of nitrogens with zero attached hydrogens (tertiary/aromatic N) is 2. The van der Waals surface area contributed by atoms with Gasteiger partial charge in [0.1, 0.15) is 0 Å². The number of carbonyl (C=O) groups excluding carboxylic acids is 1. The monoisotopic (exact) mass is 472 g/mol. The maximum atomic E-state index is 13.4. The highest BCUT2D eigenvalue weighted by molar-refractivity contribution is 8.18. The number of benzene rings is 1. The fraction of sp³-hybridized carbons (Fsp3) is 0.455. The van der Waals surface area contributed by atoms with Crippen molar-refractivity contribution in [3.05, 3.63) is 45.9 Å². The standard InChI is InChI=1S/C22H18F6N2OS/c1-2-3-4-18-19(32-20(31)29-18)8-14-15-10-30(11-16(14)15)9-12-5-6-13(21(23,24)25)7-17(12)22(26,27)28/h1,5-8,14-16H,3-4,9-11H2/b19-8-/t14?,15-,16+. The summed E-state index contributed by atoms with van der Waals surface area (Å²) in [5, 5.41) is -0.280. The molecule has 10 heteroatoms. The van der Waals surface area contributed by atoms with Gasteiger partial charge in [-0.3, -0.25) is 9.69 Å². The topological polar surface area (TPSA) is 32.7 Å². The highest BCUT2D eigenvalue weighted by atomic mass is 32.2. The number of likely N-dealkylation sites (tertiary alicyclic amines) is 1. The number of alkyl halides is 6. The van der Waals surface area contributed by atoms with Crippen LogP contribution in [0.1, 0.15) is 29.5 Å². The van der Waals surface area contributed by atoms with Crippen LogP contribution in [0.5, 0.6) is 0 Å². The Kier molecular flexibility index (Phi) is 5.92. The predicted octanol–water partition coefficient (Wildman–Crippen LogP) is 6.01. The maximum Gasteiger partial charge on any atom is 0.416 e. The first-order valence-corrected chi connectivity index (χ1v) is 10.7. The quantitative estimate of drug-likeness (QED) is 0.389. The van der Waals surface area contributed by atoms with Crippen LogP contribution in [0.15, 0.2) is 34.2 Å². The molecule has 3 aliphatic rings. The zero-order valence-corrected chi connectivity index (χ0v) is 17.4. The molecule has 0 N–H and O–H groups in total. The Morgan fingerprint density at radius 1 is 1.16 bits per heavy atom. The van der Waals surface area contributed by atoms with Crippen LogP contribution in [-0.2, 0) is 18.9 Å². The van der Waals surface area contributed by atoms with Crippen LogP contribution in [-0.4, -0.2) is 28.9 Å². The largest absolute Gasteiger partial charge is 0.416 e. The Morgan fingerprint density at radius 2 is 1.84 bits per heavy atom. The average molecular weight is 472 g/mol. The first kappa shape index (κ1) is 22.9. The van der Waals surface area contributed by atoms with Gasteiger partial charge >= 0.3 is 17.6 Å². The number of carbonyl (C=O) groups is 1. The van der Waals surface area contributed by atoms with Gasteiger partial charge in [-0.15, -0.1) is 12.3 Å². The summed E-state index contributed by atoms with van der Waals surface area (Å²) in [5.41, 5.74) is -2.04. The number of hydrogen-bond donors (Lipinski definition) is 0. The second kappa shape index (κ2) is 8.27. The Bertz CT molecular complexity index is 1020. The van der Waals surface area contributed by atoms with Crippen molar-refractivity contribution in [2.45, 2.75) is 31.7 Å². The normalized spacial score (nSPS) is 26.9. The summed E-state index contributed by atoms with van der Waals surface area (Å²) in [6, 6.07) is 1.80. The number of hydrogen-bond acceptors (Lipinski definition) is 3. The highest BCUT2D eigenvalue weighted by Crippen LogP contribution is 2.54. The molecule has 4 rings (SSSR count). The smallest absolute Gasteiger partial charge is 0.298 e. The van der Waals surface area contributed by atoms with Gasteiger partial charge in [0.15, 0.2) is 0 Å². The van der Waals surface area contributed by atoms with E-state index in [0.717, 1.165) is 22.7 Å². The summed E-state index contributed by atoms with van der Waals surface area (Å²) in [6.45, 7) is 1.03. The van der Waals surface area contributed by atoms with Crippen molar-refractivity contribution in [3.8, 4) is 12.3 Å². The van der Waals surface area contributed by atoms with Gasteiger partial charge in [-0.2, -0.15) is 26.3 Å². The SMILES string of the molecule is C#CCCC1=NC(=O)S/C1=C\C1[C@H]2CN(Cc3ccc(C(F)(F)F)cc3C(F)(F)F)C[C@@H]12. The molecular weight excluding hydrogens is 454 g/mol. The van der Waals surface area contributed by atoms with Crippen molar-refractivity contribution in [3.63, 3.8) is 0 Å². The molecule has 1 aromatic carbocycles. The van der Waals surface area contributed by atoms with E-state index in [9.17, 15) is 31.1 Å². The van der Waals surface area contributed by atoms with Gasteiger partial charge in [0.05, 0.1) is 16.8 Å². The number of amides is 1. The first-order chi connectivity index (χ1) is 15.0. The van der Waals surface area contributed by atoms with E-state index in [2.05, 4.69) is 10.9 Å². The van der Waals surface area contributed by atoms with Crippen LogP contribution in [0.2, 0.25) is 0 Å². The lowest BCUT2D eigenvalue weighted by Gasteiger charge is -2.22. The number of allylic oxidation sites excluding steroid dienone is 2. The van der Waals surface area contributed by atoms with Crippen molar-refractivity contribution in [1.29, 1.82) is 0 Å². The van der Waals surface area contributed by atoms with Crippen LogP contribution >= 0.6 is 11.8 Å². The van der Waals surface area contributed by atoms with Crippen LogP contribution in [0, 0.1) is 30.1 Å². The molecule has 0 aromatic heterocycles. The van der Waals surface area contributed by atoms with Crippen LogP contribution in [0.3, 0.4) is 0 Å². The van der Waals surface area contributed by atoms with E-state index < -0.39 is 23.5 Å². The van der Waals surface area contributed by atoms with E-state index in [4.69, 9.17) is 6.42 Å². The molecule has 0 spiro atoms. The van der Waals surface area contributed by atoms with Crippen molar-refractivity contribution in [2.24, 2.45) is 22.7 Å². The Balaban J connectivity index is 1.42. The molecule has 1 aromatic rings. The summed E-state index contributed by atoms with van der Waals surface area (Å²) >= 11 is 1.06. The van der Waals surface area contributed by atoms with E-state index in [1.807, 2.05) is 11.0 Å². The molecule has 170 valence electrons. The van der Waals surface area contributed by atoms with Crippen molar-refractivity contribution >= 4 is 22.7 Å². The third-order valence-corrected chi connectivity index (χ3v) is 6.89. The molecule has 1 unspecified atom stereocenters. The van der Waals surface area contributed by atoms with E-state index in [1.165, 1.54) is 0 Å². The third kappa shape index (κ3) is 4.74. The fourth-order valence-electron chi connectivity index (χ4n) is 4.45. The van der Waals surface area contributed by atoms with Gasteiger partial charge in [-0.05, 0) is 47.2 Å². The highest BCUT2D eigenvalue weighted by Gasteiger charge is 2.54. The molecule has 0 radical (unpaired) electrons. The lowest BCUT2D eigenvalue weighted by atomic mass is 10.0. The van der Waals surface area contributed by atoms with E-state index in [1.54, 1.807) is 0 Å². The van der Waals surface area contributed by atoms with E-state index in [-0.39, 0.29) is 41.2 Å². The number of terminal acetylenes is 1. The molecule has 1 amide bonds. The number of thioether (sulfide) groups is 1. The zero-order chi connectivity index (χ0) is 23.3. The van der Waals surface area contributed by atoms with Crippen LogP contribution < -0.4 is 0 Å². The Morgan fingerprint density at radius 3 is 2.44 bits per heavy atom. The second-order valence-electron chi connectivity index (χ2n) is 8.13. The van der Waals surface area contributed by atoms with Crippen LogP contribution in [0.25, 0.3) is 0 Å². The molecule has 3 atom stereocenters. The van der Waals surface area contributed by atoms with Gasteiger partial charge in [0.2, 0.25) is 0 Å². The molecular formula is C22H18F6N2OS. The third-order valence-electron chi connectivity index (χ3n) is 6.03. The van der Waals surface area contributed by atoms with Crippen molar-refractivity contribution in [1.82, 2.24) is 4.90 Å². The number of piperidine rings is 1. The molecule has 32 heavy (non-hydrogen) atoms. The predicted molar refractivity (Wildman–Crippen MR) is 109 cm³/mol. The van der Waals surface area contributed by atoms with Crippen molar-refractivity contribution in [2.75, 3.05) is 13.1 Å². The zero-order valence-electron chi connectivity index (χ0n) is 16.6. The average Bonchev–Trinajstić information content (AvgIpc) is 3.00. The van der Waals surface area contributed by atoms with Crippen LogP contribution in [0.4, 0.5) is 31.1 Å². The lowest BCUT2D eigenvalue weighted by molar-refractivity contribution is -0.143. The first-order valence-electron chi connectivity index (χ1n) is 9.92. The minimum atomic E-state index is -4.87. The van der Waals surface area contributed by atoms with E-state index >= 15 is 0 Å². The minimum Gasteiger partial charge on any atom is -0.298 e. The molecule has 1 aliphatic carbocycles. The molecule has 2 fully saturated rings. The number of fused-ring (bicyclic) bond motifs is 1. The summed E-state index contributed by atoms with van der Waals surface area (Å²) in [5.74, 6) is 3.22. The molecule has 2 aliphatic heterocycles. The lowest BCUT2D eigenvalue weighted by Crippen LogP contribution is -2.26. The van der Waals surface area contributed by atoms with Gasteiger partial charge in [-0.1, -0.05) is 12.1 Å². The molecule has 1 saturated heterocycles. The molecule has 3 nitrogen and oxygen atoms in total. The number of halogens is 6. The molecule has 0 bridgehead atoms. The number of rotatable bonds is 5. The Hall–Kier alpha value is -2.25. The van der Waals surface area contributed by atoms with Gasteiger partial charge in [0.25, 0.3) is 0 Å². The minimum absolute atomic E-state index is 0.0641. The van der Waals surface area contributed by atoms with Crippen molar-refractivity contribution < 1.29 is 31.1 Å². The van der Waals surface area contributed by atoms with Gasteiger partial charge in [0, 0.05) is 37.4 Å². The van der Waals surface area contributed by atoms with Gasteiger partial charge < -0.3 is 0 Å². The van der Waals surface area contributed by atoms with E-state index in [0.29, 0.717) is 37.7 Å². The summed E-state index contributed by atoms with van der Waals surface area (Å²) < 4.78 is 78.7. The summed E-state index contributed by atoms with van der Waals surface area (Å²) in [4.78, 5) is 18.3. The molecule has 1 saturated carbocycles. The molecule has 2 heterocycles.